The molecule has 4 aromatic rings. The first-order chi connectivity index (χ1) is 23.1. The van der Waals surface area contributed by atoms with Crippen molar-refractivity contribution in [2.75, 3.05) is 0 Å². The number of halogens is 3. The van der Waals surface area contributed by atoms with Crippen LogP contribution in [0.2, 0.25) is 0 Å². The number of hydrogen-bond acceptors (Lipinski definition) is 1. The van der Waals surface area contributed by atoms with E-state index in [9.17, 15) is 5.41 Å². The van der Waals surface area contributed by atoms with Crippen molar-refractivity contribution >= 4 is 54.8 Å². The number of nitrogens with zero attached hydrogens (tertiary/aromatic N) is 2. The molecule has 1 N–H and O–H groups in total. The van der Waals surface area contributed by atoms with Crippen LogP contribution in [0.15, 0.2) is 93.9 Å². The maximum Gasteiger partial charge on any atom is 0.195 e. The Labute approximate surface area is 336 Å². The molecular formula is C45H58Br3N3. The second-order valence-electron chi connectivity index (χ2n) is 18.2. The van der Waals surface area contributed by atoms with Crippen LogP contribution in [0.5, 0.6) is 0 Å². The molecule has 0 bridgehead atoms. The summed E-state index contributed by atoms with van der Waals surface area (Å²) in [7, 11) is 0. The molecule has 6 heteroatoms. The Hall–Kier alpha value is -2.41. The maximum absolute atomic E-state index is 10.1. The van der Waals surface area contributed by atoms with Gasteiger partial charge in [0.25, 0.3) is 0 Å². The summed E-state index contributed by atoms with van der Waals surface area (Å²) in [6.07, 6.45) is 0. The average Bonchev–Trinajstić information content (AvgIpc) is 3.27. The first-order valence-corrected chi connectivity index (χ1v) is 19.6. The van der Waals surface area contributed by atoms with E-state index in [1.807, 2.05) is 0 Å². The molecule has 51 heavy (non-hydrogen) atoms. The maximum atomic E-state index is 10.1. The molecule has 5 rings (SSSR count). The minimum atomic E-state index is -0.0657. The Morgan fingerprint density at radius 2 is 0.980 bits per heavy atom. The van der Waals surface area contributed by atoms with Crippen molar-refractivity contribution in [3.05, 3.63) is 138 Å². The molecule has 0 amide bonds. The third kappa shape index (κ3) is 8.71. The van der Waals surface area contributed by atoms with Crippen LogP contribution in [0.3, 0.4) is 0 Å². The van der Waals surface area contributed by atoms with Gasteiger partial charge in [-0.15, -0.1) is 17.0 Å². The minimum absolute atomic E-state index is 0. The Bertz CT molecular complexity index is 1840. The van der Waals surface area contributed by atoms with Crippen LogP contribution in [0, 0.1) is 5.41 Å². The Morgan fingerprint density at radius 3 is 1.39 bits per heavy atom. The number of rotatable bonds is 6. The minimum Gasteiger partial charge on any atom is -0.329 e. The third-order valence-electron chi connectivity index (χ3n) is 10.1. The van der Waals surface area contributed by atoms with Crippen molar-refractivity contribution < 1.29 is 0 Å². The predicted octanol–water partition coefficient (Wildman–Crippen LogP) is 13.7. The van der Waals surface area contributed by atoms with Crippen molar-refractivity contribution in [1.29, 1.82) is 5.41 Å². The van der Waals surface area contributed by atoms with Gasteiger partial charge >= 0.3 is 0 Å². The van der Waals surface area contributed by atoms with Crippen LogP contribution in [0.1, 0.15) is 140 Å². The van der Waals surface area contributed by atoms with Gasteiger partial charge in [-0.2, -0.15) is 0 Å². The summed E-state index contributed by atoms with van der Waals surface area (Å²) in [6.45, 7) is 28.8. The van der Waals surface area contributed by atoms with E-state index in [0.717, 1.165) is 8.95 Å². The molecule has 2 atom stereocenters. The van der Waals surface area contributed by atoms with Gasteiger partial charge < -0.3 is 9.80 Å². The highest BCUT2D eigenvalue weighted by atomic mass is 79.9. The quantitative estimate of drug-likeness (QED) is 0.209. The number of nitrogens with one attached hydrogen (secondary N) is 1. The molecule has 3 nitrogen and oxygen atoms in total. The van der Waals surface area contributed by atoms with E-state index in [1.54, 1.807) is 0 Å². The van der Waals surface area contributed by atoms with Gasteiger partial charge in [0, 0.05) is 22.0 Å². The third-order valence-corrected chi connectivity index (χ3v) is 11.9. The Morgan fingerprint density at radius 1 is 0.529 bits per heavy atom. The second-order valence-corrected chi connectivity index (χ2v) is 19.8. The monoisotopic (exact) mass is 877 g/mol. The fourth-order valence-corrected chi connectivity index (χ4v) is 9.40. The number of benzene rings is 4. The molecule has 0 saturated carbocycles. The number of guanidine groups is 1. The van der Waals surface area contributed by atoms with E-state index >= 15 is 0 Å². The lowest BCUT2D eigenvalue weighted by Crippen LogP contribution is -2.33. The topological polar surface area (TPSA) is 30.3 Å². The van der Waals surface area contributed by atoms with Crippen LogP contribution in [-0.4, -0.2) is 15.8 Å². The summed E-state index contributed by atoms with van der Waals surface area (Å²) >= 11 is 8.23. The van der Waals surface area contributed by atoms with Gasteiger partial charge in [-0.25, -0.2) is 0 Å². The zero-order valence-electron chi connectivity index (χ0n) is 32.7. The summed E-state index contributed by atoms with van der Waals surface area (Å²) in [6, 6.07) is 30.9. The molecule has 1 aliphatic rings. The second kappa shape index (κ2) is 15.1. The smallest absolute Gasteiger partial charge is 0.195 e. The Balaban J connectivity index is 0.00000583. The van der Waals surface area contributed by atoms with Gasteiger partial charge in [0.2, 0.25) is 0 Å². The Kier molecular flexibility index (Phi) is 12.3. The van der Waals surface area contributed by atoms with Gasteiger partial charge in [0.05, 0.1) is 12.1 Å². The van der Waals surface area contributed by atoms with Crippen LogP contribution in [-0.2, 0) is 34.7 Å². The summed E-state index contributed by atoms with van der Waals surface area (Å²) in [5.74, 6) is 0.544. The van der Waals surface area contributed by atoms with E-state index in [2.05, 4.69) is 210 Å². The summed E-state index contributed by atoms with van der Waals surface area (Å²) in [5, 5.41) is 10.1. The SMILES string of the molecule is Br.CC(C)(C)c1cc(CN2C(=N)N(Cc3ccc(C(C)(C)C)c(C(C)(C)C)c3Br)[C@@H](c3ccccc3)[C@@H]2c2ccccc2)c(Br)c(C(C)(C)C)c1. The molecule has 0 unspecified atom stereocenters. The van der Waals surface area contributed by atoms with Crippen LogP contribution in [0.4, 0.5) is 0 Å². The first kappa shape index (κ1) is 41.3. The van der Waals surface area contributed by atoms with Crippen LogP contribution < -0.4 is 0 Å². The molecule has 1 heterocycles. The average molecular weight is 881 g/mol. The first-order valence-electron chi connectivity index (χ1n) is 18.0. The lowest BCUT2D eigenvalue weighted by molar-refractivity contribution is 0.262. The standard InChI is InChI=1S/C45H57Br2N3.BrH/c1-42(2,3)33-25-32(37(46)35(26-33)44(7,8)9)28-50-40(30-21-17-14-18-22-30)39(29-19-15-13-16-20-29)49(41(50)48)27-31-23-24-34(43(4,5)6)36(38(31)47)45(10,11)12;/h13-26,39-40,48H,27-28H2,1-12H3;1H/t39-,40-;/m0./s1. The summed E-state index contributed by atoms with van der Waals surface area (Å²) in [4.78, 5) is 4.68. The van der Waals surface area contributed by atoms with Gasteiger partial charge in [-0.3, -0.25) is 5.41 Å². The molecule has 1 saturated heterocycles. The molecule has 274 valence electrons. The van der Waals surface area contributed by atoms with Crippen LogP contribution in [0.25, 0.3) is 0 Å². The lowest BCUT2D eigenvalue weighted by Gasteiger charge is -2.34. The lowest BCUT2D eigenvalue weighted by atomic mass is 9.74. The molecule has 0 radical (unpaired) electrons. The highest BCUT2D eigenvalue weighted by Gasteiger charge is 2.46. The molecule has 0 spiro atoms. The van der Waals surface area contributed by atoms with Crippen molar-refractivity contribution in [2.24, 2.45) is 0 Å². The van der Waals surface area contributed by atoms with Crippen LogP contribution >= 0.6 is 48.8 Å². The highest BCUT2D eigenvalue weighted by molar-refractivity contribution is 9.11. The summed E-state index contributed by atoms with van der Waals surface area (Å²) < 4.78 is 2.30. The van der Waals surface area contributed by atoms with E-state index in [-0.39, 0.29) is 50.7 Å². The predicted molar refractivity (Wildman–Crippen MR) is 231 cm³/mol. The molecular weight excluding hydrogens is 822 g/mol. The number of hydrogen-bond donors (Lipinski definition) is 1. The zero-order chi connectivity index (χ0) is 37.0. The van der Waals surface area contributed by atoms with Crippen molar-refractivity contribution in [3.8, 4) is 0 Å². The fourth-order valence-electron chi connectivity index (χ4n) is 7.39. The van der Waals surface area contributed by atoms with Crippen molar-refractivity contribution in [1.82, 2.24) is 9.80 Å². The highest BCUT2D eigenvalue weighted by Crippen LogP contribution is 2.49. The molecule has 1 aliphatic heterocycles. The van der Waals surface area contributed by atoms with Gasteiger partial charge in [-0.1, -0.05) is 200 Å². The van der Waals surface area contributed by atoms with E-state index < -0.39 is 0 Å². The molecule has 0 aromatic heterocycles. The van der Waals surface area contributed by atoms with E-state index in [1.165, 1.54) is 44.5 Å². The van der Waals surface area contributed by atoms with Gasteiger partial charge in [-0.05, 0) is 66.2 Å². The van der Waals surface area contributed by atoms with Crippen molar-refractivity contribution in [3.63, 3.8) is 0 Å². The van der Waals surface area contributed by atoms with E-state index in [4.69, 9.17) is 0 Å². The summed E-state index contributed by atoms with van der Waals surface area (Å²) in [5.41, 5.74) is 10.1. The molecule has 1 fully saturated rings. The normalized spacial score (nSPS) is 17.2. The fraction of sp³-hybridized carbons (Fsp3) is 0.444. The molecule has 4 aromatic carbocycles. The molecule has 0 aliphatic carbocycles. The van der Waals surface area contributed by atoms with Gasteiger partial charge in [0.1, 0.15) is 0 Å². The zero-order valence-corrected chi connectivity index (χ0v) is 37.6. The largest absolute Gasteiger partial charge is 0.329 e. The van der Waals surface area contributed by atoms with Gasteiger partial charge in [0.15, 0.2) is 5.96 Å². The van der Waals surface area contributed by atoms with E-state index in [0.29, 0.717) is 19.0 Å². The van der Waals surface area contributed by atoms with Crippen molar-refractivity contribution in [2.45, 2.75) is 130 Å².